The number of aromatic nitrogens is 3. The van der Waals surface area contributed by atoms with Crippen molar-refractivity contribution in [3.05, 3.63) is 78.4 Å². The number of amides is 2. The van der Waals surface area contributed by atoms with Gasteiger partial charge in [0.25, 0.3) is 11.8 Å². The standard InChI is InChI=1S/C19H19N7O2/c27-18(14-6-8-15(9-7-14)26-12-20-11-21-26)24-25-19(28)17-10-16(22-23-17)13-4-2-1-3-5-13/h1-9,11-12,16-17,22-23H,10H2,(H,24,27)(H,25,28). The maximum absolute atomic E-state index is 12.3. The zero-order valence-corrected chi connectivity index (χ0v) is 14.9. The first-order valence-electron chi connectivity index (χ1n) is 8.82. The van der Waals surface area contributed by atoms with Gasteiger partial charge in [-0.2, -0.15) is 5.10 Å². The minimum absolute atomic E-state index is 0.0389. The van der Waals surface area contributed by atoms with Crippen LogP contribution in [0.5, 0.6) is 0 Å². The Labute approximate surface area is 161 Å². The highest BCUT2D eigenvalue weighted by molar-refractivity contribution is 5.96. The van der Waals surface area contributed by atoms with E-state index in [0.717, 1.165) is 11.3 Å². The molecule has 1 aliphatic heterocycles. The fourth-order valence-corrected chi connectivity index (χ4v) is 3.02. The highest BCUT2D eigenvalue weighted by atomic mass is 16.2. The second-order valence-corrected chi connectivity index (χ2v) is 6.37. The number of hydrogen-bond donors (Lipinski definition) is 4. The predicted molar refractivity (Wildman–Crippen MR) is 101 cm³/mol. The normalized spacial score (nSPS) is 18.6. The molecule has 1 saturated heterocycles. The van der Waals surface area contributed by atoms with Crippen molar-refractivity contribution in [1.29, 1.82) is 0 Å². The van der Waals surface area contributed by atoms with Gasteiger partial charge in [-0.3, -0.25) is 20.4 Å². The van der Waals surface area contributed by atoms with Gasteiger partial charge in [0, 0.05) is 11.6 Å². The molecule has 1 aromatic heterocycles. The van der Waals surface area contributed by atoms with Crippen molar-refractivity contribution in [2.75, 3.05) is 0 Å². The zero-order valence-electron chi connectivity index (χ0n) is 14.9. The van der Waals surface area contributed by atoms with Crippen LogP contribution >= 0.6 is 0 Å². The minimum Gasteiger partial charge on any atom is -0.271 e. The highest BCUT2D eigenvalue weighted by Gasteiger charge is 2.30. The van der Waals surface area contributed by atoms with E-state index in [1.54, 1.807) is 35.3 Å². The number of hydrogen-bond acceptors (Lipinski definition) is 6. The number of hydrazine groups is 2. The van der Waals surface area contributed by atoms with E-state index in [1.807, 2.05) is 30.3 Å². The van der Waals surface area contributed by atoms with E-state index in [0.29, 0.717) is 12.0 Å². The quantitative estimate of drug-likeness (QED) is 0.496. The molecule has 9 heteroatoms. The molecule has 28 heavy (non-hydrogen) atoms. The summed E-state index contributed by atoms with van der Waals surface area (Å²) in [6, 6.07) is 16.3. The molecule has 0 aliphatic carbocycles. The summed E-state index contributed by atoms with van der Waals surface area (Å²) < 4.78 is 1.59. The van der Waals surface area contributed by atoms with E-state index in [1.165, 1.54) is 6.33 Å². The summed E-state index contributed by atoms with van der Waals surface area (Å²) in [7, 11) is 0. The van der Waals surface area contributed by atoms with E-state index in [2.05, 4.69) is 31.8 Å². The van der Waals surface area contributed by atoms with E-state index in [9.17, 15) is 9.59 Å². The lowest BCUT2D eigenvalue weighted by molar-refractivity contribution is -0.123. The third-order valence-corrected chi connectivity index (χ3v) is 4.53. The first kappa shape index (κ1) is 17.8. The first-order valence-corrected chi connectivity index (χ1v) is 8.82. The molecule has 0 radical (unpaired) electrons. The molecule has 142 valence electrons. The van der Waals surface area contributed by atoms with Gasteiger partial charge in [0.1, 0.15) is 18.7 Å². The van der Waals surface area contributed by atoms with Crippen LogP contribution in [0.3, 0.4) is 0 Å². The monoisotopic (exact) mass is 377 g/mol. The zero-order chi connectivity index (χ0) is 19.3. The van der Waals surface area contributed by atoms with Crippen molar-refractivity contribution in [3.8, 4) is 5.69 Å². The summed E-state index contributed by atoms with van der Waals surface area (Å²) in [5.74, 6) is -0.706. The molecule has 3 aromatic rings. The number of carbonyl (C=O) groups is 2. The molecule has 1 fully saturated rings. The Balaban J connectivity index is 1.29. The predicted octanol–water partition coefficient (Wildman–Crippen LogP) is 0.636. The molecule has 0 spiro atoms. The second-order valence-electron chi connectivity index (χ2n) is 6.37. The van der Waals surface area contributed by atoms with Crippen molar-refractivity contribution in [1.82, 2.24) is 36.5 Å². The van der Waals surface area contributed by atoms with E-state index in [4.69, 9.17) is 0 Å². The molecule has 9 nitrogen and oxygen atoms in total. The Kier molecular flexibility index (Phi) is 5.09. The van der Waals surface area contributed by atoms with Crippen LogP contribution in [0.25, 0.3) is 5.69 Å². The van der Waals surface area contributed by atoms with Crippen LogP contribution in [0.15, 0.2) is 67.3 Å². The van der Waals surface area contributed by atoms with Crippen molar-refractivity contribution in [2.24, 2.45) is 0 Å². The molecule has 0 bridgehead atoms. The summed E-state index contributed by atoms with van der Waals surface area (Å²) in [4.78, 5) is 28.5. The summed E-state index contributed by atoms with van der Waals surface area (Å²) in [6.45, 7) is 0. The van der Waals surface area contributed by atoms with Crippen LogP contribution < -0.4 is 21.7 Å². The molecule has 2 aromatic carbocycles. The Hall–Kier alpha value is -3.56. The summed E-state index contributed by atoms with van der Waals surface area (Å²) in [5, 5.41) is 4.03. The largest absolute Gasteiger partial charge is 0.271 e. The maximum atomic E-state index is 12.3. The van der Waals surface area contributed by atoms with Crippen LogP contribution in [0, 0.1) is 0 Å². The topological polar surface area (TPSA) is 113 Å². The first-order chi connectivity index (χ1) is 13.7. The van der Waals surface area contributed by atoms with Crippen molar-refractivity contribution < 1.29 is 9.59 Å². The number of nitrogens with one attached hydrogen (secondary N) is 4. The van der Waals surface area contributed by atoms with Crippen molar-refractivity contribution in [2.45, 2.75) is 18.5 Å². The Bertz CT molecular complexity index is 942. The van der Waals surface area contributed by atoms with Gasteiger partial charge in [0.15, 0.2) is 0 Å². The van der Waals surface area contributed by atoms with Gasteiger partial charge in [0.2, 0.25) is 0 Å². The minimum atomic E-state index is -0.444. The number of rotatable bonds is 4. The molecule has 0 saturated carbocycles. The maximum Gasteiger partial charge on any atom is 0.269 e. The van der Waals surface area contributed by atoms with Crippen LogP contribution in [-0.4, -0.2) is 32.6 Å². The summed E-state index contributed by atoms with van der Waals surface area (Å²) >= 11 is 0. The average molecular weight is 377 g/mol. The van der Waals surface area contributed by atoms with E-state index < -0.39 is 11.9 Å². The number of carbonyl (C=O) groups excluding carboxylic acids is 2. The van der Waals surface area contributed by atoms with E-state index in [-0.39, 0.29) is 11.9 Å². The molecular formula is C19H19N7O2. The fraction of sp³-hybridized carbons (Fsp3) is 0.158. The van der Waals surface area contributed by atoms with Crippen LogP contribution in [0.1, 0.15) is 28.4 Å². The van der Waals surface area contributed by atoms with Gasteiger partial charge in [0.05, 0.1) is 5.69 Å². The van der Waals surface area contributed by atoms with Gasteiger partial charge >= 0.3 is 0 Å². The molecule has 2 atom stereocenters. The van der Waals surface area contributed by atoms with Gasteiger partial charge < -0.3 is 0 Å². The average Bonchev–Trinajstić information content (AvgIpc) is 3.45. The number of benzene rings is 2. The van der Waals surface area contributed by atoms with E-state index >= 15 is 0 Å². The van der Waals surface area contributed by atoms with Crippen LogP contribution in [-0.2, 0) is 4.79 Å². The molecule has 4 rings (SSSR count). The van der Waals surface area contributed by atoms with Gasteiger partial charge in [-0.15, -0.1) is 0 Å². The lowest BCUT2D eigenvalue weighted by Crippen LogP contribution is -2.50. The van der Waals surface area contributed by atoms with Crippen molar-refractivity contribution in [3.63, 3.8) is 0 Å². The Morgan fingerprint density at radius 2 is 1.79 bits per heavy atom. The van der Waals surface area contributed by atoms with Crippen LogP contribution in [0.2, 0.25) is 0 Å². The fourth-order valence-electron chi connectivity index (χ4n) is 3.02. The van der Waals surface area contributed by atoms with Crippen LogP contribution in [0.4, 0.5) is 0 Å². The lowest BCUT2D eigenvalue weighted by atomic mass is 10.0. The Morgan fingerprint density at radius 1 is 1.00 bits per heavy atom. The van der Waals surface area contributed by atoms with Crippen molar-refractivity contribution >= 4 is 11.8 Å². The second kappa shape index (κ2) is 7.99. The third-order valence-electron chi connectivity index (χ3n) is 4.53. The molecule has 4 N–H and O–H groups in total. The SMILES string of the molecule is O=C(NNC(=O)C1CC(c2ccccc2)NN1)c1ccc(-n2cncn2)cc1. The highest BCUT2D eigenvalue weighted by Crippen LogP contribution is 2.21. The smallest absolute Gasteiger partial charge is 0.269 e. The van der Waals surface area contributed by atoms with Gasteiger partial charge in [-0.05, 0) is 36.2 Å². The molecule has 2 heterocycles. The summed E-state index contributed by atoms with van der Waals surface area (Å²) in [6.07, 6.45) is 3.59. The molecule has 1 aliphatic rings. The molecule has 2 amide bonds. The Morgan fingerprint density at radius 3 is 2.50 bits per heavy atom. The van der Waals surface area contributed by atoms with Gasteiger partial charge in [-0.1, -0.05) is 30.3 Å². The number of nitrogens with zero attached hydrogens (tertiary/aromatic N) is 3. The van der Waals surface area contributed by atoms with Gasteiger partial charge in [-0.25, -0.2) is 20.5 Å². The lowest BCUT2D eigenvalue weighted by Gasteiger charge is -2.12. The molecule has 2 unspecified atom stereocenters. The summed E-state index contributed by atoms with van der Waals surface area (Å²) in [5.41, 5.74) is 13.3. The molecular weight excluding hydrogens is 358 g/mol. The third kappa shape index (κ3) is 3.90.